The fourth-order valence-electron chi connectivity index (χ4n) is 6.35. The van der Waals surface area contributed by atoms with Crippen molar-refractivity contribution in [1.29, 1.82) is 0 Å². The van der Waals surface area contributed by atoms with Crippen LogP contribution in [0.25, 0.3) is 10.8 Å². The second kappa shape index (κ2) is 11.2. The van der Waals surface area contributed by atoms with E-state index in [4.69, 9.17) is 4.74 Å². The third kappa shape index (κ3) is 6.15. The molecule has 0 aliphatic heterocycles. The lowest BCUT2D eigenvalue weighted by Crippen LogP contribution is -2.26. The Bertz CT molecular complexity index is 821. The fourth-order valence-corrected chi connectivity index (χ4v) is 6.35. The van der Waals surface area contributed by atoms with Crippen molar-refractivity contribution in [3.8, 4) is 5.75 Å². The van der Waals surface area contributed by atoms with E-state index in [0.29, 0.717) is 6.61 Å². The third-order valence-corrected chi connectivity index (χ3v) is 8.23. The molecule has 168 valence electrons. The number of hydrogen-bond donors (Lipinski definition) is 0. The van der Waals surface area contributed by atoms with Crippen molar-refractivity contribution in [1.82, 2.24) is 0 Å². The summed E-state index contributed by atoms with van der Waals surface area (Å²) in [5.41, 5.74) is 1.49. The number of hydrogen-bond acceptors (Lipinski definition) is 1. The van der Waals surface area contributed by atoms with E-state index in [1.54, 1.807) is 6.08 Å². The molecule has 0 atom stereocenters. The Kier molecular flexibility index (Phi) is 8.11. The van der Waals surface area contributed by atoms with E-state index in [-0.39, 0.29) is 0 Å². The van der Waals surface area contributed by atoms with Crippen LogP contribution < -0.4 is 4.74 Å². The second-order valence-electron chi connectivity index (χ2n) is 10.3. The molecule has 2 aromatic rings. The molecular weight excluding hydrogens is 376 g/mol. The third-order valence-electron chi connectivity index (χ3n) is 8.23. The first-order chi connectivity index (χ1) is 15.2. The summed E-state index contributed by atoms with van der Waals surface area (Å²) in [6.07, 6.45) is 19.2. The summed E-state index contributed by atoms with van der Waals surface area (Å²) in [6, 6.07) is 13.4. The standard InChI is InChI=1S/C30H42O/c1-3-5-23-8-13-26(14-9-23)27-15-10-24(11-16-27)6-7-25-12-17-29-22-30(31-20-4-2)19-18-28(29)21-25/h4,12,17-19,21-24,26-27H,2-3,5-11,13-16,20H2,1H3. The van der Waals surface area contributed by atoms with Gasteiger partial charge in [-0.2, -0.15) is 0 Å². The SMILES string of the molecule is C=CCOc1ccc2cc(CCC3CCC(C4CCC(CCC)CC4)CC3)ccc2c1. The monoisotopic (exact) mass is 418 g/mol. The number of ether oxygens (including phenoxy) is 1. The quantitative estimate of drug-likeness (QED) is 0.370. The zero-order valence-corrected chi connectivity index (χ0v) is 19.7. The minimum atomic E-state index is 0.561. The van der Waals surface area contributed by atoms with Crippen LogP contribution in [0.4, 0.5) is 0 Å². The molecule has 2 saturated carbocycles. The lowest BCUT2D eigenvalue weighted by molar-refractivity contribution is 0.141. The Morgan fingerprint density at radius 2 is 1.42 bits per heavy atom. The van der Waals surface area contributed by atoms with Gasteiger partial charge in [0.1, 0.15) is 12.4 Å². The minimum Gasteiger partial charge on any atom is -0.490 e. The molecule has 2 aromatic carbocycles. The molecule has 4 rings (SSSR count). The normalized spacial score (nSPS) is 26.6. The van der Waals surface area contributed by atoms with Gasteiger partial charge in [-0.1, -0.05) is 82.4 Å². The summed E-state index contributed by atoms with van der Waals surface area (Å²) in [4.78, 5) is 0. The summed E-state index contributed by atoms with van der Waals surface area (Å²) >= 11 is 0. The Balaban J connectivity index is 1.22. The van der Waals surface area contributed by atoms with Crippen molar-refractivity contribution >= 4 is 10.8 Å². The van der Waals surface area contributed by atoms with Gasteiger partial charge in [0, 0.05) is 0 Å². The molecule has 0 spiro atoms. The topological polar surface area (TPSA) is 9.23 Å². The summed E-state index contributed by atoms with van der Waals surface area (Å²) in [7, 11) is 0. The van der Waals surface area contributed by atoms with Crippen LogP contribution in [0.2, 0.25) is 0 Å². The maximum Gasteiger partial charge on any atom is 0.120 e. The van der Waals surface area contributed by atoms with Crippen LogP contribution >= 0.6 is 0 Å². The molecule has 2 fully saturated rings. The van der Waals surface area contributed by atoms with E-state index in [2.05, 4.69) is 49.9 Å². The van der Waals surface area contributed by atoms with Gasteiger partial charge in [0.25, 0.3) is 0 Å². The van der Waals surface area contributed by atoms with Crippen molar-refractivity contribution in [3.05, 3.63) is 54.6 Å². The number of rotatable bonds is 9. The highest BCUT2D eigenvalue weighted by atomic mass is 16.5. The van der Waals surface area contributed by atoms with Gasteiger partial charge in [-0.25, -0.2) is 0 Å². The highest BCUT2D eigenvalue weighted by molar-refractivity contribution is 5.84. The van der Waals surface area contributed by atoms with Crippen LogP contribution in [-0.2, 0) is 6.42 Å². The van der Waals surface area contributed by atoms with E-state index in [9.17, 15) is 0 Å². The van der Waals surface area contributed by atoms with E-state index in [1.807, 2.05) is 0 Å². The zero-order chi connectivity index (χ0) is 21.5. The van der Waals surface area contributed by atoms with E-state index in [1.165, 1.54) is 93.4 Å². The average Bonchev–Trinajstić information content (AvgIpc) is 2.82. The Labute approximate surface area is 190 Å². The highest BCUT2D eigenvalue weighted by Gasteiger charge is 2.30. The molecule has 0 bridgehead atoms. The predicted molar refractivity (Wildman–Crippen MR) is 134 cm³/mol. The second-order valence-corrected chi connectivity index (χ2v) is 10.3. The predicted octanol–water partition coefficient (Wildman–Crippen LogP) is 8.75. The van der Waals surface area contributed by atoms with Gasteiger partial charge in [-0.3, -0.25) is 0 Å². The first kappa shape index (κ1) is 22.4. The molecule has 0 amide bonds. The van der Waals surface area contributed by atoms with Gasteiger partial charge in [-0.05, 0) is 90.7 Å². The summed E-state index contributed by atoms with van der Waals surface area (Å²) in [6.45, 7) is 6.63. The smallest absolute Gasteiger partial charge is 0.120 e. The maximum atomic E-state index is 5.67. The van der Waals surface area contributed by atoms with Gasteiger partial charge in [0.2, 0.25) is 0 Å². The lowest BCUT2D eigenvalue weighted by atomic mass is 9.68. The molecule has 1 nitrogen and oxygen atoms in total. The largest absolute Gasteiger partial charge is 0.490 e. The fraction of sp³-hybridized carbons (Fsp3) is 0.600. The molecular formula is C30H42O. The molecule has 0 heterocycles. The maximum absolute atomic E-state index is 5.67. The lowest BCUT2D eigenvalue weighted by Gasteiger charge is -2.38. The van der Waals surface area contributed by atoms with Crippen LogP contribution in [0.5, 0.6) is 5.75 Å². The number of benzene rings is 2. The van der Waals surface area contributed by atoms with Crippen LogP contribution in [0.1, 0.15) is 83.1 Å². The summed E-state index contributed by atoms with van der Waals surface area (Å²) in [5, 5.41) is 2.59. The molecule has 2 aliphatic rings. The van der Waals surface area contributed by atoms with Crippen molar-refractivity contribution in [3.63, 3.8) is 0 Å². The Morgan fingerprint density at radius 3 is 2.06 bits per heavy atom. The molecule has 1 heteroatoms. The van der Waals surface area contributed by atoms with Gasteiger partial charge in [0.05, 0.1) is 0 Å². The van der Waals surface area contributed by atoms with E-state index in [0.717, 1.165) is 29.4 Å². The molecule has 0 N–H and O–H groups in total. The number of fused-ring (bicyclic) bond motifs is 1. The van der Waals surface area contributed by atoms with Crippen LogP contribution in [-0.4, -0.2) is 6.61 Å². The summed E-state index contributed by atoms with van der Waals surface area (Å²) < 4.78 is 5.67. The minimum absolute atomic E-state index is 0.561. The first-order valence-corrected chi connectivity index (χ1v) is 13.0. The molecule has 0 unspecified atom stereocenters. The molecule has 0 radical (unpaired) electrons. The van der Waals surface area contributed by atoms with Crippen LogP contribution in [0.3, 0.4) is 0 Å². The zero-order valence-electron chi connectivity index (χ0n) is 19.7. The Morgan fingerprint density at radius 1 is 0.806 bits per heavy atom. The average molecular weight is 419 g/mol. The van der Waals surface area contributed by atoms with Crippen molar-refractivity contribution in [2.24, 2.45) is 23.7 Å². The van der Waals surface area contributed by atoms with Gasteiger partial charge >= 0.3 is 0 Å². The first-order valence-electron chi connectivity index (χ1n) is 13.0. The van der Waals surface area contributed by atoms with Gasteiger partial charge in [0.15, 0.2) is 0 Å². The van der Waals surface area contributed by atoms with E-state index >= 15 is 0 Å². The van der Waals surface area contributed by atoms with Gasteiger partial charge < -0.3 is 4.74 Å². The molecule has 31 heavy (non-hydrogen) atoms. The van der Waals surface area contributed by atoms with Crippen LogP contribution in [0.15, 0.2) is 49.1 Å². The molecule has 0 aromatic heterocycles. The summed E-state index contributed by atoms with van der Waals surface area (Å²) in [5.74, 6) is 5.01. The van der Waals surface area contributed by atoms with Crippen LogP contribution in [0, 0.1) is 23.7 Å². The Hall–Kier alpha value is -1.76. The van der Waals surface area contributed by atoms with Gasteiger partial charge in [-0.15, -0.1) is 0 Å². The van der Waals surface area contributed by atoms with Crippen molar-refractivity contribution in [2.75, 3.05) is 6.61 Å². The highest BCUT2D eigenvalue weighted by Crippen LogP contribution is 2.43. The number of aryl methyl sites for hydroxylation is 1. The van der Waals surface area contributed by atoms with Crippen molar-refractivity contribution < 1.29 is 4.74 Å². The van der Waals surface area contributed by atoms with Crippen molar-refractivity contribution in [2.45, 2.75) is 84.0 Å². The molecule has 2 aliphatic carbocycles. The van der Waals surface area contributed by atoms with E-state index < -0.39 is 0 Å². The molecule has 0 saturated heterocycles.